The molecular formula is C36H49ClN4O5S. The lowest BCUT2D eigenvalue weighted by atomic mass is 9.66. The van der Waals surface area contributed by atoms with Crippen LogP contribution in [0.1, 0.15) is 69.4 Å². The molecule has 3 heterocycles. The van der Waals surface area contributed by atoms with Gasteiger partial charge in [0.15, 0.2) is 9.84 Å². The third-order valence-corrected chi connectivity index (χ3v) is 12.4. The topological polar surface area (TPSA) is 107 Å². The van der Waals surface area contributed by atoms with Crippen LogP contribution in [0.3, 0.4) is 0 Å². The number of nitrogens with one attached hydrogen (secondary N) is 1. The van der Waals surface area contributed by atoms with Crippen molar-refractivity contribution in [3.63, 3.8) is 0 Å². The predicted octanol–water partition coefficient (Wildman–Crippen LogP) is 4.90. The lowest BCUT2D eigenvalue weighted by molar-refractivity contribution is -0.141. The van der Waals surface area contributed by atoms with Gasteiger partial charge in [-0.1, -0.05) is 69.2 Å². The minimum Gasteiger partial charge on any atom is -0.316 e. The number of sulfone groups is 1. The van der Waals surface area contributed by atoms with Gasteiger partial charge in [-0.2, -0.15) is 0 Å². The van der Waals surface area contributed by atoms with Crippen molar-refractivity contribution in [2.75, 3.05) is 39.0 Å². The second-order valence-electron chi connectivity index (χ2n) is 14.4. The number of hydrogen-bond donors (Lipinski definition) is 1. The molecule has 1 N–H and O–H groups in total. The highest BCUT2D eigenvalue weighted by Crippen LogP contribution is 2.50. The molecule has 3 unspecified atom stereocenters. The molecule has 6 rings (SSSR count). The molecule has 1 saturated carbocycles. The van der Waals surface area contributed by atoms with Gasteiger partial charge in [-0.3, -0.25) is 14.6 Å². The van der Waals surface area contributed by atoms with Crippen LogP contribution in [0.25, 0.3) is 0 Å². The number of halogens is 1. The summed E-state index contributed by atoms with van der Waals surface area (Å²) in [6, 6.07) is 16.7. The average Bonchev–Trinajstić information content (AvgIpc) is 3.80. The Labute approximate surface area is 285 Å². The number of urea groups is 1. The first kappa shape index (κ1) is 35.5. The number of rotatable bonds is 10. The normalized spacial score (nSPS) is 25.0. The maximum atomic E-state index is 14.4. The number of nitrogens with zero attached hydrogens (tertiary/aromatic N) is 3. The Balaban J connectivity index is 0.00000433. The molecule has 11 heteroatoms. The second kappa shape index (κ2) is 14.0. The lowest BCUT2D eigenvalue weighted by Gasteiger charge is -2.53. The summed E-state index contributed by atoms with van der Waals surface area (Å²) in [5, 5.41) is 3.62. The minimum absolute atomic E-state index is 0. The Hall–Kier alpha value is -2.79. The van der Waals surface area contributed by atoms with Gasteiger partial charge in [0.05, 0.1) is 17.0 Å². The molecule has 0 radical (unpaired) electrons. The van der Waals surface area contributed by atoms with E-state index in [1.165, 1.54) is 28.9 Å². The Kier molecular flexibility index (Phi) is 10.6. The highest BCUT2D eigenvalue weighted by molar-refractivity contribution is 7.90. The number of amides is 3. The van der Waals surface area contributed by atoms with E-state index in [0.717, 1.165) is 45.0 Å². The van der Waals surface area contributed by atoms with Crippen molar-refractivity contribution < 1.29 is 22.8 Å². The van der Waals surface area contributed by atoms with Crippen LogP contribution in [0.15, 0.2) is 59.5 Å². The van der Waals surface area contributed by atoms with Crippen LogP contribution in [0.5, 0.6) is 0 Å². The van der Waals surface area contributed by atoms with Crippen LogP contribution < -0.4 is 5.32 Å². The first-order valence-corrected chi connectivity index (χ1v) is 18.8. The van der Waals surface area contributed by atoms with Crippen molar-refractivity contribution in [2.24, 2.45) is 17.8 Å². The van der Waals surface area contributed by atoms with Gasteiger partial charge in [0.2, 0.25) is 0 Å². The number of imide groups is 1. The van der Waals surface area contributed by atoms with Crippen LogP contribution in [0.4, 0.5) is 4.79 Å². The first-order chi connectivity index (χ1) is 22.0. The van der Waals surface area contributed by atoms with E-state index >= 15 is 0 Å². The minimum atomic E-state index is -3.35. The second-order valence-corrected chi connectivity index (χ2v) is 16.4. The smallest absolute Gasteiger partial charge is 0.316 e. The molecular weight excluding hydrogens is 636 g/mol. The van der Waals surface area contributed by atoms with Gasteiger partial charge in [-0.25, -0.2) is 13.2 Å². The number of hydrogen-bond acceptors (Lipinski definition) is 7. The molecule has 1 aliphatic carbocycles. The summed E-state index contributed by atoms with van der Waals surface area (Å²) in [6.45, 7) is 7.43. The molecule has 4 fully saturated rings. The summed E-state index contributed by atoms with van der Waals surface area (Å²) in [5.74, 6) is 0.578. The summed E-state index contributed by atoms with van der Waals surface area (Å²) in [6.07, 6.45) is 7.69. The van der Waals surface area contributed by atoms with Crippen molar-refractivity contribution in [3.8, 4) is 0 Å². The fourth-order valence-electron chi connectivity index (χ4n) is 8.97. The third kappa shape index (κ3) is 6.38. The number of piperidine rings is 1. The summed E-state index contributed by atoms with van der Waals surface area (Å²) < 4.78 is 23.9. The summed E-state index contributed by atoms with van der Waals surface area (Å²) >= 11 is 0. The van der Waals surface area contributed by atoms with E-state index in [4.69, 9.17) is 0 Å². The van der Waals surface area contributed by atoms with Crippen LogP contribution in [0.2, 0.25) is 0 Å². The zero-order valence-corrected chi connectivity index (χ0v) is 29.4. The highest BCUT2D eigenvalue weighted by Gasteiger charge is 2.61. The van der Waals surface area contributed by atoms with Gasteiger partial charge in [0.1, 0.15) is 11.8 Å². The SMILES string of the molecule is CC(C)CN1C(=O)N(Cc2ccc(S(C)(=O)=O)cc2)C(=O)C12CCN(C(C=O)(C1CCCC1)C1CNCC1c1ccccc1)CC2.Cl. The summed E-state index contributed by atoms with van der Waals surface area (Å²) in [5.41, 5.74) is 0.365. The van der Waals surface area contributed by atoms with E-state index in [2.05, 4.69) is 48.3 Å². The summed E-state index contributed by atoms with van der Waals surface area (Å²) in [4.78, 5) is 47.7. The molecule has 3 amide bonds. The molecule has 0 aromatic heterocycles. The van der Waals surface area contributed by atoms with E-state index in [1.54, 1.807) is 17.0 Å². The average molecular weight is 685 g/mol. The molecule has 3 atom stereocenters. The van der Waals surface area contributed by atoms with Crippen molar-refractivity contribution in [3.05, 3.63) is 65.7 Å². The van der Waals surface area contributed by atoms with E-state index < -0.39 is 20.9 Å². The van der Waals surface area contributed by atoms with Gasteiger partial charge in [0.25, 0.3) is 5.91 Å². The van der Waals surface area contributed by atoms with Crippen LogP contribution in [-0.2, 0) is 26.0 Å². The molecule has 0 bridgehead atoms. The number of aldehydes is 1. The van der Waals surface area contributed by atoms with E-state index in [1.807, 2.05) is 6.07 Å². The zero-order chi connectivity index (χ0) is 32.7. The van der Waals surface area contributed by atoms with E-state index in [0.29, 0.717) is 38.0 Å². The van der Waals surface area contributed by atoms with Gasteiger partial charge < -0.3 is 15.0 Å². The quantitative estimate of drug-likeness (QED) is 0.280. The van der Waals surface area contributed by atoms with Gasteiger partial charge in [0, 0.05) is 50.8 Å². The molecule has 2 aromatic carbocycles. The van der Waals surface area contributed by atoms with E-state index in [9.17, 15) is 22.8 Å². The first-order valence-electron chi connectivity index (χ1n) is 16.9. The fraction of sp³-hybridized carbons (Fsp3) is 0.583. The molecule has 1 spiro atoms. The third-order valence-electron chi connectivity index (χ3n) is 11.2. The number of carbonyl (C=O) groups excluding carboxylic acids is 3. The molecule has 9 nitrogen and oxygen atoms in total. The van der Waals surface area contributed by atoms with Gasteiger partial charge >= 0.3 is 6.03 Å². The number of likely N-dealkylation sites (tertiary alicyclic amines) is 1. The van der Waals surface area contributed by atoms with E-state index in [-0.39, 0.29) is 59.5 Å². The Morgan fingerprint density at radius 2 is 1.62 bits per heavy atom. The number of benzene rings is 2. The number of carbonyl (C=O) groups is 3. The largest absolute Gasteiger partial charge is 0.327 e. The highest BCUT2D eigenvalue weighted by atomic mass is 35.5. The Morgan fingerprint density at radius 3 is 2.19 bits per heavy atom. The van der Waals surface area contributed by atoms with Gasteiger partial charge in [-0.15, -0.1) is 12.4 Å². The maximum absolute atomic E-state index is 14.4. The standard InChI is InChI=1S/C36H48N4O5S.ClH/c1-26(2)23-40-34(43)39(24-27-13-15-30(16-14-27)46(3,44)45)33(42)35(40)17-19-38(20-18-35)36(25-41,29-11-7-8-12-29)32-22-37-21-31(32)28-9-5-4-6-10-28;/h4-6,9-10,13-16,25-26,29,31-32,37H,7-8,11-12,17-24H2,1-3H3;1H. The van der Waals surface area contributed by atoms with Crippen LogP contribution in [-0.4, -0.2) is 91.4 Å². The van der Waals surface area contributed by atoms with Crippen molar-refractivity contribution in [2.45, 2.75) is 80.8 Å². The van der Waals surface area contributed by atoms with Gasteiger partial charge in [-0.05, 0) is 60.8 Å². The molecule has 2 aromatic rings. The molecule has 3 saturated heterocycles. The van der Waals surface area contributed by atoms with Crippen molar-refractivity contribution >= 4 is 40.5 Å². The predicted molar refractivity (Wildman–Crippen MR) is 184 cm³/mol. The summed E-state index contributed by atoms with van der Waals surface area (Å²) in [7, 11) is -3.35. The molecule has 3 aliphatic heterocycles. The lowest BCUT2D eigenvalue weighted by Crippen LogP contribution is -2.66. The molecule has 4 aliphatic rings. The fourth-order valence-corrected chi connectivity index (χ4v) is 9.60. The van der Waals surface area contributed by atoms with Crippen molar-refractivity contribution in [1.82, 2.24) is 20.0 Å². The van der Waals surface area contributed by atoms with Crippen LogP contribution >= 0.6 is 12.4 Å². The Morgan fingerprint density at radius 1 is 0.979 bits per heavy atom. The monoisotopic (exact) mass is 684 g/mol. The van der Waals surface area contributed by atoms with Crippen molar-refractivity contribution in [1.29, 1.82) is 0 Å². The zero-order valence-electron chi connectivity index (χ0n) is 27.8. The molecule has 256 valence electrons. The Bertz CT molecular complexity index is 1540. The maximum Gasteiger partial charge on any atom is 0.327 e. The van der Waals surface area contributed by atoms with Crippen LogP contribution in [0, 0.1) is 17.8 Å². The molecule has 47 heavy (non-hydrogen) atoms.